The predicted octanol–water partition coefficient (Wildman–Crippen LogP) is 3.22. The third kappa shape index (κ3) is 3.23. The van der Waals surface area contributed by atoms with E-state index in [2.05, 4.69) is 26.1 Å². The largest absolute Gasteiger partial charge is 0.379 e. The first-order chi connectivity index (χ1) is 8.00. The topological polar surface area (TPSA) is 21.3 Å². The summed E-state index contributed by atoms with van der Waals surface area (Å²) in [7, 11) is 1.84. The quantitative estimate of drug-likeness (QED) is 0.736. The van der Waals surface area contributed by atoms with E-state index < -0.39 is 0 Å². The zero-order valence-corrected chi connectivity index (χ0v) is 12.0. The minimum Gasteiger partial charge on any atom is -0.379 e. The molecule has 2 saturated carbocycles. The third-order valence-corrected chi connectivity index (χ3v) is 5.02. The van der Waals surface area contributed by atoms with Crippen LogP contribution >= 0.6 is 0 Å². The van der Waals surface area contributed by atoms with Crippen molar-refractivity contribution in [3.8, 4) is 0 Å². The van der Waals surface area contributed by atoms with Gasteiger partial charge in [-0.2, -0.15) is 0 Å². The number of ether oxygens (including phenoxy) is 1. The summed E-state index contributed by atoms with van der Waals surface area (Å²) in [5.41, 5.74) is 0.630. The summed E-state index contributed by atoms with van der Waals surface area (Å²) in [6.45, 7) is 8.96. The van der Waals surface area contributed by atoms with Gasteiger partial charge in [-0.15, -0.1) is 0 Å². The molecular formula is C15H29NO. The molecule has 0 aromatic heterocycles. The van der Waals surface area contributed by atoms with E-state index in [1.165, 1.54) is 38.6 Å². The van der Waals surface area contributed by atoms with Gasteiger partial charge in [-0.25, -0.2) is 0 Å². The van der Waals surface area contributed by atoms with Gasteiger partial charge in [-0.1, -0.05) is 6.92 Å². The standard InChI is InChI=1S/C15H29NO/c1-5-16-11-15(7-6-14(2,3)17-4)9-12-8-13(12)10-15/h12-13,16H,5-11H2,1-4H3. The first kappa shape index (κ1) is 13.4. The predicted molar refractivity (Wildman–Crippen MR) is 72.1 cm³/mol. The van der Waals surface area contributed by atoms with Crippen LogP contribution in [0.4, 0.5) is 0 Å². The van der Waals surface area contributed by atoms with Crippen molar-refractivity contribution in [2.45, 2.75) is 58.5 Å². The van der Waals surface area contributed by atoms with Crippen molar-refractivity contribution in [1.29, 1.82) is 0 Å². The fourth-order valence-corrected chi connectivity index (χ4v) is 3.50. The molecule has 2 aliphatic carbocycles. The molecule has 2 unspecified atom stereocenters. The maximum atomic E-state index is 5.56. The minimum absolute atomic E-state index is 0.0476. The van der Waals surface area contributed by atoms with Crippen molar-refractivity contribution in [2.75, 3.05) is 20.2 Å². The number of hydrogen-bond acceptors (Lipinski definition) is 2. The molecule has 0 radical (unpaired) electrons. The van der Waals surface area contributed by atoms with Crippen LogP contribution in [-0.4, -0.2) is 25.8 Å². The summed E-state index contributed by atoms with van der Waals surface area (Å²) < 4.78 is 5.56. The van der Waals surface area contributed by atoms with Gasteiger partial charge in [0.2, 0.25) is 0 Å². The maximum Gasteiger partial charge on any atom is 0.0623 e. The highest BCUT2D eigenvalue weighted by Crippen LogP contribution is 2.61. The summed E-state index contributed by atoms with van der Waals surface area (Å²) in [6, 6.07) is 0. The molecule has 17 heavy (non-hydrogen) atoms. The molecule has 2 nitrogen and oxygen atoms in total. The van der Waals surface area contributed by atoms with Crippen LogP contribution in [0.25, 0.3) is 0 Å². The van der Waals surface area contributed by atoms with Crippen molar-refractivity contribution in [2.24, 2.45) is 17.3 Å². The van der Waals surface area contributed by atoms with Crippen molar-refractivity contribution in [3.05, 3.63) is 0 Å². The SMILES string of the molecule is CCNCC1(CCC(C)(C)OC)CC2CC2C1. The molecule has 0 bridgehead atoms. The Labute approximate surface area is 107 Å². The second-order valence-electron chi connectivity index (χ2n) is 6.91. The smallest absolute Gasteiger partial charge is 0.0623 e. The van der Waals surface area contributed by atoms with Gasteiger partial charge in [0.25, 0.3) is 0 Å². The van der Waals surface area contributed by atoms with Crippen LogP contribution in [-0.2, 0) is 4.74 Å². The first-order valence-electron chi connectivity index (χ1n) is 7.26. The van der Waals surface area contributed by atoms with E-state index in [4.69, 9.17) is 4.74 Å². The third-order valence-electron chi connectivity index (χ3n) is 5.02. The highest BCUT2D eigenvalue weighted by molar-refractivity contribution is 5.04. The Morgan fingerprint density at radius 3 is 2.47 bits per heavy atom. The van der Waals surface area contributed by atoms with E-state index in [9.17, 15) is 0 Å². The lowest BCUT2D eigenvalue weighted by molar-refractivity contribution is 0.00262. The number of methoxy groups -OCH3 is 1. The Hall–Kier alpha value is -0.0800. The van der Waals surface area contributed by atoms with Gasteiger partial charge in [-0.05, 0) is 69.7 Å². The second kappa shape index (κ2) is 4.89. The summed E-state index contributed by atoms with van der Waals surface area (Å²) in [5, 5.41) is 3.59. The molecule has 2 atom stereocenters. The Morgan fingerprint density at radius 1 is 1.29 bits per heavy atom. The van der Waals surface area contributed by atoms with E-state index in [-0.39, 0.29) is 5.60 Å². The molecule has 2 aliphatic rings. The Bertz CT molecular complexity index is 252. The lowest BCUT2D eigenvalue weighted by Gasteiger charge is -2.34. The fourth-order valence-electron chi connectivity index (χ4n) is 3.50. The van der Waals surface area contributed by atoms with Gasteiger partial charge in [0.1, 0.15) is 0 Å². The summed E-state index contributed by atoms with van der Waals surface area (Å²) >= 11 is 0. The Kier molecular flexibility index (Phi) is 3.84. The average molecular weight is 239 g/mol. The van der Waals surface area contributed by atoms with E-state index in [1.54, 1.807) is 0 Å². The van der Waals surface area contributed by atoms with Crippen LogP contribution < -0.4 is 5.32 Å². The number of rotatable bonds is 7. The van der Waals surface area contributed by atoms with Crippen LogP contribution in [0.15, 0.2) is 0 Å². The van der Waals surface area contributed by atoms with Gasteiger partial charge >= 0.3 is 0 Å². The molecule has 0 heterocycles. The molecule has 2 fully saturated rings. The van der Waals surface area contributed by atoms with Crippen LogP contribution in [0.2, 0.25) is 0 Å². The molecule has 2 rings (SSSR count). The number of nitrogens with one attached hydrogen (secondary N) is 1. The number of fused-ring (bicyclic) bond motifs is 1. The van der Waals surface area contributed by atoms with Crippen LogP contribution in [0.3, 0.4) is 0 Å². The monoisotopic (exact) mass is 239 g/mol. The molecule has 100 valence electrons. The lowest BCUT2D eigenvalue weighted by Crippen LogP contribution is -2.35. The Morgan fingerprint density at radius 2 is 1.94 bits per heavy atom. The molecule has 1 N–H and O–H groups in total. The zero-order valence-electron chi connectivity index (χ0n) is 12.0. The fraction of sp³-hybridized carbons (Fsp3) is 1.00. The van der Waals surface area contributed by atoms with E-state index >= 15 is 0 Å². The Balaban J connectivity index is 1.88. The minimum atomic E-state index is 0.0476. The zero-order chi connectivity index (χ0) is 12.5. The van der Waals surface area contributed by atoms with Gasteiger partial charge in [0.15, 0.2) is 0 Å². The molecule has 0 spiro atoms. The van der Waals surface area contributed by atoms with Gasteiger partial charge in [0.05, 0.1) is 5.60 Å². The molecule has 0 amide bonds. The second-order valence-corrected chi connectivity index (χ2v) is 6.91. The molecule has 2 heteroatoms. The maximum absolute atomic E-state index is 5.56. The normalized spacial score (nSPS) is 36.0. The van der Waals surface area contributed by atoms with Crippen molar-refractivity contribution >= 4 is 0 Å². The molecule has 0 aliphatic heterocycles. The lowest BCUT2D eigenvalue weighted by atomic mass is 9.76. The van der Waals surface area contributed by atoms with Crippen molar-refractivity contribution < 1.29 is 4.74 Å². The van der Waals surface area contributed by atoms with E-state index in [0.717, 1.165) is 18.4 Å². The first-order valence-corrected chi connectivity index (χ1v) is 7.26. The summed E-state index contributed by atoms with van der Waals surface area (Å²) in [4.78, 5) is 0. The van der Waals surface area contributed by atoms with Crippen LogP contribution in [0.1, 0.15) is 52.9 Å². The number of hydrogen-bond donors (Lipinski definition) is 1. The average Bonchev–Trinajstić information content (AvgIpc) is 2.93. The van der Waals surface area contributed by atoms with E-state index in [1.807, 2.05) is 7.11 Å². The molecular weight excluding hydrogens is 210 g/mol. The van der Waals surface area contributed by atoms with Gasteiger partial charge in [-0.3, -0.25) is 0 Å². The van der Waals surface area contributed by atoms with E-state index in [0.29, 0.717) is 5.41 Å². The highest BCUT2D eigenvalue weighted by atomic mass is 16.5. The molecule has 0 saturated heterocycles. The van der Waals surface area contributed by atoms with Crippen molar-refractivity contribution in [3.63, 3.8) is 0 Å². The van der Waals surface area contributed by atoms with Gasteiger partial charge in [0, 0.05) is 13.7 Å². The molecule has 0 aromatic carbocycles. The summed E-state index contributed by atoms with van der Waals surface area (Å²) in [5.74, 6) is 2.14. The van der Waals surface area contributed by atoms with Crippen LogP contribution in [0, 0.1) is 17.3 Å². The summed E-state index contributed by atoms with van der Waals surface area (Å²) in [6.07, 6.45) is 6.96. The van der Waals surface area contributed by atoms with Gasteiger partial charge < -0.3 is 10.1 Å². The van der Waals surface area contributed by atoms with Crippen LogP contribution in [0.5, 0.6) is 0 Å². The molecule has 0 aromatic rings. The highest BCUT2D eigenvalue weighted by Gasteiger charge is 2.53. The van der Waals surface area contributed by atoms with Crippen molar-refractivity contribution in [1.82, 2.24) is 5.32 Å².